The summed E-state index contributed by atoms with van der Waals surface area (Å²) in [5, 5.41) is 84.1. The second-order valence-electron chi connectivity index (χ2n) is 33.9. The molecule has 0 aliphatic carbocycles. The first-order valence-corrected chi connectivity index (χ1v) is 51.1. The summed E-state index contributed by atoms with van der Waals surface area (Å²) < 4.78 is 163. The van der Waals surface area contributed by atoms with Crippen molar-refractivity contribution in [2.24, 2.45) is 35.2 Å². The minimum absolute atomic E-state index is 0.00770. The third-order valence-corrected chi connectivity index (χ3v) is 31.3. The number of sulfonamides is 5. The molecule has 8 atom stereocenters. The molecule has 0 spiro atoms. The number of ketones is 2. The van der Waals surface area contributed by atoms with Crippen LogP contribution in [0.5, 0.6) is 17.2 Å². The van der Waals surface area contributed by atoms with Crippen LogP contribution in [0.2, 0.25) is 0 Å². The quantitative estimate of drug-likeness (QED) is 0.0238. The Morgan fingerprint density at radius 3 is 0.979 bits per heavy atom. The molecule has 5 aliphatic heterocycles. The number of ether oxygens (including phenoxy) is 3. The maximum absolute atomic E-state index is 13.1. The summed E-state index contributed by atoms with van der Waals surface area (Å²) in [6.45, 7) is 26.6. The van der Waals surface area contributed by atoms with Crippen molar-refractivity contribution >= 4 is 96.5 Å². The molecule has 10 heterocycles. The first-order valence-electron chi connectivity index (χ1n) is 43.7. The molecule has 742 valence electrons. The molecular formula is C98H104N18O21S5. The minimum Gasteiger partial charge on any atom is -0.488 e. The Morgan fingerprint density at radius 1 is 0.401 bits per heavy atom. The lowest BCUT2D eigenvalue weighted by atomic mass is 9.97. The number of anilines is 3. The summed E-state index contributed by atoms with van der Waals surface area (Å²) in [5.41, 5.74) is 10.7. The average Bonchev–Trinajstić information content (AvgIpc) is 1.67. The zero-order valence-corrected chi connectivity index (χ0v) is 82.9. The highest BCUT2D eigenvalue weighted by Crippen LogP contribution is 2.39. The van der Waals surface area contributed by atoms with E-state index in [9.17, 15) is 97.2 Å². The predicted octanol–water partition coefficient (Wildman–Crippen LogP) is 8.34. The fourth-order valence-electron chi connectivity index (χ4n) is 16.1. The Morgan fingerprint density at radius 2 is 0.676 bits per heavy atom. The number of fused-ring (bicyclic) bond motifs is 5. The molecule has 0 saturated carbocycles. The Labute approximate surface area is 822 Å². The maximum atomic E-state index is 13.1. The highest BCUT2D eigenvalue weighted by atomic mass is 32.2. The van der Waals surface area contributed by atoms with E-state index in [2.05, 4.69) is 103 Å². The van der Waals surface area contributed by atoms with Crippen LogP contribution in [0.25, 0.3) is 0 Å². The predicted molar refractivity (Wildman–Crippen MR) is 524 cm³/mol. The molecule has 0 saturated heterocycles. The molecule has 11 N–H and O–H groups in total. The summed E-state index contributed by atoms with van der Waals surface area (Å²) in [6.07, 6.45) is 12.3. The highest BCUT2D eigenvalue weighted by molar-refractivity contribution is 7.90. The van der Waals surface area contributed by atoms with E-state index in [1.807, 2.05) is 13.8 Å². The van der Waals surface area contributed by atoms with E-state index < -0.39 is 116 Å². The van der Waals surface area contributed by atoms with Crippen molar-refractivity contribution in [3.63, 3.8) is 0 Å². The third kappa shape index (κ3) is 24.1. The molecule has 39 nitrogen and oxygen atoms in total. The van der Waals surface area contributed by atoms with E-state index in [-0.39, 0.29) is 109 Å². The molecule has 10 aromatic rings. The number of Topliss-reactive ketones (excluding diaryl/α,β-unsaturated/α-hetero) is 2. The minimum atomic E-state index is -4.03. The third-order valence-electron chi connectivity index (χ3n) is 23.8. The number of hydrogen-bond donors (Lipinski definition) is 11. The van der Waals surface area contributed by atoms with Gasteiger partial charge in [0.2, 0.25) is 50.1 Å². The summed E-state index contributed by atoms with van der Waals surface area (Å²) in [5.74, 6) is -2.24. The van der Waals surface area contributed by atoms with Crippen molar-refractivity contribution in [1.82, 2.24) is 46.4 Å². The molecule has 0 unspecified atom stereocenters. The van der Waals surface area contributed by atoms with Gasteiger partial charge in [-0.05, 0) is 154 Å². The standard InChI is InChI=1S/2C21H23N3O4S.C20H22N4O5S.2C18H18N4O4S/c2*1-4-18(25)17-8-7-16-20(29(27,28)23-17)12-24(3)21(16)19(26)10-14-6-5-13(2)15(9-14)11-22;1-4-5-16(25)15-11-29-19-17(30(27,28)23-15)10-24(3)18(19)20(26)22-14-7-6-12(2)13(8-14)9-21;2*1-4-13-10-26-17-15(27(24,25)21-13)9-22(3)16(17)18(23)20-14-6-5-11(2)12(7-14)8-19/h2*4-6,9,12,17-18,23,25H,1,7-8,10H2,2-3H3;4,6-8,10,15-16,23,25H,1,5,11H2,2-3H3,(H,22,26);2*4-7,9,13,21H,1,10H2,2-3H3,(H,20,23)/t17-,18+;17-,18-;15-,16+;2*13-/m00110/s1. The van der Waals surface area contributed by atoms with Crippen molar-refractivity contribution in [3.8, 4) is 47.6 Å². The molecular weight excluding hydrogens is 1930 g/mol. The monoisotopic (exact) mass is 2030 g/mol. The Kier molecular flexibility index (Phi) is 34.0. The second kappa shape index (κ2) is 44.8. The SMILES string of the molecule is C=CC[C@H](O)[C@H]1COc2c(cn(C)c2C(=O)Nc2ccc(C)c(C#N)c2)S(=O)(=O)N1.C=C[C@@H](O)[C@@H]1CCc2c(cn(C)c2C(=O)Cc2ccc(C)c(C#N)c2)S(=O)(=O)N1.C=C[C@@H]1COc2c(cn(C)c2C(=O)Nc2ccc(C)c(C#N)c2)S(=O)(=O)N1.C=C[C@H](O)[C@@H]1CCc2c(cn(C)c2C(=O)Cc2ccc(C)c(C#N)c2)S(=O)(=O)N1.C=C[C@H]1COc2c(cn(C)c2C(=O)Nc2ccc(C)c(C#N)c2)S(=O)(=O)N1. The van der Waals surface area contributed by atoms with Crippen LogP contribution in [0.4, 0.5) is 17.1 Å². The van der Waals surface area contributed by atoms with Gasteiger partial charge in [-0.1, -0.05) is 72.8 Å². The van der Waals surface area contributed by atoms with E-state index >= 15 is 0 Å². The summed E-state index contributed by atoms with van der Waals surface area (Å²) >= 11 is 0. The van der Waals surface area contributed by atoms with Crippen LogP contribution in [0.15, 0.2) is 210 Å². The van der Waals surface area contributed by atoms with Gasteiger partial charge in [-0.3, -0.25) is 24.0 Å². The van der Waals surface area contributed by atoms with Crippen molar-refractivity contribution in [3.05, 3.63) is 292 Å². The van der Waals surface area contributed by atoms with Crippen LogP contribution in [0, 0.1) is 91.3 Å². The summed E-state index contributed by atoms with van der Waals surface area (Å²) in [4.78, 5) is 64.3. The van der Waals surface area contributed by atoms with Gasteiger partial charge in [0, 0.05) is 107 Å². The number of rotatable bonds is 21. The van der Waals surface area contributed by atoms with Crippen molar-refractivity contribution in [2.75, 3.05) is 35.8 Å². The smallest absolute Gasteiger partial charge is 0.276 e. The van der Waals surface area contributed by atoms with E-state index in [0.29, 0.717) is 104 Å². The number of hydrogen-bond acceptors (Lipinski definition) is 26. The lowest BCUT2D eigenvalue weighted by Gasteiger charge is -2.20. The highest BCUT2D eigenvalue weighted by Gasteiger charge is 2.42. The number of aromatic nitrogens is 5. The van der Waals surface area contributed by atoms with Crippen LogP contribution >= 0.6 is 0 Å². The molecule has 142 heavy (non-hydrogen) atoms. The normalized spacial score (nSPS) is 18.3. The number of benzene rings is 5. The summed E-state index contributed by atoms with van der Waals surface area (Å²) in [7, 11) is -11.6. The molecule has 5 aliphatic rings. The Bertz CT molecular complexity index is 7270. The number of aliphatic hydroxyl groups excluding tert-OH is 3. The molecule has 0 radical (unpaired) electrons. The first kappa shape index (κ1) is 108. The first-order chi connectivity index (χ1) is 67.0. The second-order valence-corrected chi connectivity index (χ2v) is 42.3. The maximum Gasteiger partial charge on any atom is 0.276 e. The molecule has 44 heteroatoms. The van der Waals surface area contributed by atoms with Gasteiger partial charge in [0.05, 0.1) is 118 Å². The van der Waals surface area contributed by atoms with E-state index in [0.717, 1.165) is 27.8 Å². The van der Waals surface area contributed by atoms with Gasteiger partial charge >= 0.3 is 0 Å². The van der Waals surface area contributed by atoms with Gasteiger partial charge in [-0.25, -0.2) is 65.7 Å². The number of aliphatic hydroxyl groups is 3. The number of amides is 3. The van der Waals surface area contributed by atoms with Gasteiger partial charge in [0.15, 0.2) is 45.9 Å². The van der Waals surface area contributed by atoms with E-state index in [1.165, 1.54) is 97.3 Å². The van der Waals surface area contributed by atoms with Crippen molar-refractivity contribution < 1.29 is 95.6 Å². The zero-order valence-electron chi connectivity index (χ0n) is 78.9. The van der Waals surface area contributed by atoms with Gasteiger partial charge in [0.25, 0.3) is 17.7 Å². The molecule has 0 bridgehead atoms. The number of nitrogens with zero attached hydrogens (tertiary/aromatic N) is 10. The van der Waals surface area contributed by atoms with Gasteiger partial charge in [0.1, 0.15) is 44.3 Å². The van der Waals surface area contributed by atoms with Crippen LogP contribution in [-0.4, -0.2) is 178 Å². The largest absolute Gasteiger partial charge is 0.488 e. The molecule has 5 aromatic carbocycles. The van der Waals surface area contributed by atoms with Crippen LogP contribution < -0.4 is 53.8 Å². The van der Waals surface area contributed by atoms with Crippen molar-refractivity contribution in [1.29, 1.82) is 26.3 Å². The molecule has 5 aromatic heterocycles. The number of nitrogens with one attached hydrogen (secondary N) is 8. The number of nitriles is 5. The lowest BCUT2D eigenvalue weighted by Crippen LogP contribution is -2.45. The fourth-order valence-corrected chi connectivity index (χ4v) is 23.5. The number of aryl methyl sites for hydroxylation is 10. The van der Waals surface area contributed by atoms with Crippen LogP contribution in [0.1, 0.15) is 150 Å². The summed E-state index contributed by atoms with van der Waals surface area (Å²) in [6, 6.07) is 32.2. The van der Waals surface area contributed by atoms with Gasteiger partial charge in [-0.15, -0.1) is 32.9 Å². The Hall–Kier alpha value is -14.8. The van der Waals surface area contributed by atoms with E-state index in [4.69, 9.17) is 24.7 Å². The lowest BCUT2D eigenvalue weighted by molar-refractivity contribution is 0.0975. The molecule has 0 fully saturated rings. The topological polar surface area (TPSA) is 584 Å². The Balaban J connectivity index is 0.000000170. The average molecular weight is 2030 g/mol. The molecule has 15 rings (SSSR count). The zero-order chi connectivity index (χ0) is 104. The van der Waals surface area contributed by atoms with Crippen molar-refractivity contribution in [2.45, 2.75) is 153 Å². The van der Waals surface area contributed by atoms with Gasteiger partial charge < -0.3 is 68.3 Å². The number of carbonyl (C=O) groups is 5. The van der Waals surface area contributed by atoms with Gasteiger partial charge in [-0.2, -0.15) is 26.3 Å². The van der Waals surface area contributed by atoms with Crippen LogP contribution in [-0.2, 0) is 111 Å². The van der Waals surface area contributed by atoms with Crippen LogP contribution in [0.3, 0.4) is 0 Å². The van der Waals surface area contributed by atoms with E-state index in [1.54, 1.807) is 134 Å². The fraction of sp³-hybridized carbons (Fsp3) is 0.286. The number of carbonyl (C=O) groups excluding carboxylic acids is 5. The molecule has 3 amide bonds.